The molecule has 9 heteroatoms. The first kappa shape index (κ1) is 17.9. The molecule has 2 rings (SSSR count). The lowest BCUT2D eigenvalue weighted by atomic mass is 9.79. The second-order valence-electron chi connectivity index (χ2n) is 5.43. The number of aliphatic hydroxyl groups is 1. The molecular formula is C14H17F3N2O3S. The summed E-state index contributed by atoms with van der Waals surface area (Å²) in [5.41, 5.74) is -3.14. The van der Waals surface area contributed by atoms with Crippen LogP contribution in [0.5, 0.6) is 0 Å². The molecule has 1 aromatic carbocycles. The van der Waals surface area contributed by atoms with Crippen molar-refractivity contribution in [1.82, 2.24) is 0 Å². The summed E-state index contributed by atoms with van der Waals surface area (Å²) < 4.78 is 38.8. The van der Waals surface area contributed by atoms with Crippen LogP contribution in [0.4, 0.5) is 24.5 Å². The number of nitrogens with zero attached hydrogens (tertiary/aromatic N) is 1. The highest BCUT2D eigenvalue weighted by atomic mass is 32.2. The number of nitrogens with one attached hydrogen (secondary N) is 1. The summed E-state index contributed by atoms with van der Waals surface area (Å²) in [6.07, 6.45) is -3.37. The van der Waals surface area contributed by atoms with Gasteiger partial charge in [-0.2, -0.15) is 24.9 Å². The van der Waals surface area contributed by atoms with Crippen LogP contribution in [-0.2, 0) is 6.18 Å². The first-order valence-electron chi connectivity index (χ1n) is 7.11. The maximum atomic E-state index is 12.9. The van der Waals surface area contributed by atoms with Crippen molar-refractivity contribution in [1.29, 1.82) is 0 Å². The molecule has 0 aliphatic heterocycles. The molecule has 1 saturated carbocycles. The molecule has 0 spiro atoms. The van der Waals surface area contributed by atoms with Crippen molar-refractivity contribution in [3.8, 4) is 0 Å². The van der Waals surface area contributed by atoms with E-state index < -0.39 is 28.0 Å². The van der Waals surface area contributed by atoms with E-state index in [-0.39, 0.29) is 17.5 Å². The summed E-state index contributed by atoms with van der Waals surface area (Å²) in [5, 5.41) is 24.0. The largest absolute Gasteiger partial charge is 0.423 e. The molecule has 2 unspecified atom stereocenters. The van der Waals surface area contributed by atoms with E-state index in [4.69, 9.17) is 0 Å². The van der Waals surface area contributed by atoms with Crippen LogP contribution < -0.4 is 5.32 Å². The smallest absolute Gasteiger partial charge is 0.387 e. The molecule has 2 atom stereocenters. The van der Waals surface area contributed by atoms with E-state index in [1.807, 2.05) is 6.92 Å². The molecule has 0 aromatic heterocycles. The summed E-state index contributed by atoms with van der Waals surface area (Å²) in [5.74, 6) is 0.850. The van der Waals surface area contributed by atoms with E-state index in [2.05, 4.69) is 5.32 Å². The van der Waals surface area contributed by atoms with Crippen molar-refractivity contribution >= 4 is 23.1 Å². The molecule has 5 nitrogen and oxygen atoms in total. The number of nitro groups is 1. The number of hydrogen-bond donors (Lipinski definition) is 2. The monoisotopic (exact) mass is 350 g/mol. The van der Waals surface area contributed by atoms with E-state index in [1.165, 1.54) is 6.07 Å². The fourth-order valence-corrected chi connectivity index (χ4v) is 3.72. The van der Waals surface area contributed by atoms with Crippen LogP contribution in [0.3, 0.4) is 0 Å². The Bertz CT molecular complexity index is 597. The Morgan fingerprint density at radius 3 is 2.70 bits per heavy atom. The number of rotatable bonds is 6. The topological polar surface area (TPSA) is 75.4 Å². The average molecular weight is 350 g/mol. The molecule has 2 N–H and O–H groups in total. The third-order valence-corrected chi connectivity index (χ3v) is 5.31. The molecule has 1 aliphatic carbocycles. The van der Waals surface area contributed by atoms with Gasteiger partial charge in [0, 0.05) is 23.5 Å². The molecule has 1 fully saturated rings. The van der Waals surface area contributed by atoms with Gasteiger partial charge in [-0.15, -0.1) is 0 Å². The van der Waals surface area contributed by atoms with Gasteiger partial charge in [0.25, 0.3) is 5.69 Å². The van der Waals surface area contributed by atoms with Crippen LogP contribution in [0.2, 0.25) is 0 Å². The maximum absolute atomic E-state index is 12.9. The van der Waals surface area contributed by atoms with Crippen molar-refractivity contribution in [3.05, 3.63) is 33.9 Å². The highest BCUT2D eigenvalue weighted by molar-refractivity contribution is 8.00. The standard InChI is InChI=1S/C14H17F3N2O3S/c1-2-23-12-5-6-13(12,20)8-18-9-3-4-11(19(21)22)10(7-9)14(15,16)17/h3-4,7,12,18,20H,2,5-6,8H2,1H3. The maximum Gasteiger partial charge on any atom is 0.423 e. The van der Waals surface area contributed by atoms with E-state index in [0.717, 1.165) is 18.2 Å². The van der Waals surface area contributed by atoms with Crippen LogP contribution in [0.15, 0.2) is 18.2 Å². The molecule has 128 valence electrons. The summed E-state index contributed by atoms with van der Waals surface area (Å²) in [6.45, 7) is 2.09. The first-order chi connectivity index (χ1) is 10.7. The Hall–Kier alpha value is -1.48. The van der Waals surface area contributed by atoms with E-state index in [0.29, 0.717) is 12.5 Å². The third kappa shape index (κ3) is 3.89. The Balaban J connectivity index is 2.14. The van der Waals surface area contributed by atoms with Gasteiger partial charge in [-0.3, -0.25) is 10.1 Å². The number of hydrogen-bond acceptors (Lipinski definition) is 5. The number of nitro benzene ring substituents is 1. The minimum absolute atomic E-state index is 0.0557. The number of alkyl halides is 3. The van der Waals surface area contributed by atoms with Crippen LogP contribution in [0.25, 0.3) is 0 Å². The molecule has 0 radical (unpaired) electrons. The molecule has 1 aromatic rings. The van der Waals surface area contributed by atoms with Crippen molar-refractivity contribution < 1.29 is 23.2 Å². The molecule has 0 bridgehead atoms. The van der Waals surface area contributed by atoms with Gasteiger partial charge in [0.05, 0.1) is 10.5 Å². The second-order valence-corrected chi connectivity index (χ2v) is 6.91. The quantitative estimate of drug-likeness (QED) is 0.605. The molecule has 0 saturated heterocycles. The summed E-state index contributed by atoms with van der Waals surface area (Å²) >= 11 is 1.61. The van der Waals surface area contributed by atoms with Crippen molar-refractivity contribution in [2.24, 2.45) is 0 Å². The zero-order chi connectivity index (χ0) is 17.3. The lowest BCUT2D eigenvalue weighted by Gasteiger charge is -2.45. The van der Waals surface area contributed by atoms with Gasteiger partial charge in [-0.05, 0) is 30.7 Å². The predicted octanol–water partition coefficient (Wildman–Crippen LogP) is 3.67. The van der Waals surface area contributed by atoms with Gasteiger partial charge in [0.1, 0.15) is 5.56 Å². The number of benzene rings is 1. The van der Waals surface area contributed by atoms with Crippen LogP contribution in [-0.4, -0.2) is 33.2 Å². The third-order valence-electron chi connectivity index (χ3n) is 3.90. The predicted molar refractivity (Wildman–Crippen MR) is 82.7 cm³/mol. The number of halogens is 3. The summed E-state index contributed by atoms with van der Waals surface area (Å²) in [6, 6.07) is 2.76. The van der Waals surface area contributed by atoms with Gasteiger partial charge in [0.15, 0.2) is 0 Å². The zero-order valence-corrected chi connectivity index (χ0v) is 13.2. The lowest BCUT2D eigenvalue weighted by molar-refractivity contribution is -0.388. The van der Waals surface area contributed by atoms with Crippen LogP contribution >= 0.6 is 11.8 Å². The molecular weight excluding hydrogens is 333 g/mol. The zero-order valence-electron chi connectivity index (χ0n) is 12.4. The SMILES string of the molecule is CCSC1CCC1(O)CNc1ccc([N+](=O)[O-])c(C(F)(F)F)c1. The van der Waals surface area contributed by atoms with Crippen LogP contribution in [0, 0.1) is 10.1 Å². The Kier molecular flexibility index (Phi) is 5.10. The summed E-state index contributed by atoms with van der Waals surface area (Å²) in [4.78, 5) is 9.65. The van der Waals surface area contributed by atoms with Crippen molar-refractivity contribution in [2.45, 2.75) is 36.8 Å². The minimum atomic E-state index is -4.81. The summed E-state index contributed by atoms with van der Waals surface area (Å²) in [7, 11) is 0. The molecule has 0 amide bonds. The fraction of sp³-hybridized carbons (Fsp3) is 0.571. The van der Waals surface area contributed by atoms with Gasteiger partial charge in [-0.25, -0.2) is 0 Å². The van der Waals surface area contributed by atoms with E-state index in [9.17, 15) is 28.4 Å². The number of anilines is 1. The molecule has 0 heterocycles. The van der Waals surface area contributed by atoms with Crippen LogP contribution in [0.1, 0.15) is 25.3 Å². The second kappa shape index (κ2) is 6.56. The van der Waals surface area contributed by atoms with Gasteiger partial charge in [-0.1, -0.05) is 6.92 Å². The lowest BCUT2D eigenvalue weighted by Crippen LogP contribution is -2.54. The normalized spacial score (nSPS) is 24.1. The van der Waals surface area contributed by atoms with Gasteiger partial charge < -0.3 is 10.4 Å². The van der Waals surface area contributed by atoms with Gasteiger partial charge in [0.2, 0.25) is 0 Å². The Morgan fingerprint density at radius 1 is 1.52 bits per heavy atom. The Morgan fingerprint density at radius 2 is 2.22 bits per heavy atom. The first-order valence-corrected chi connectivity index (χ1v) is 8.16. The molecule has 1 aliphatic rings. The highest BCUT2D eigenvalue weighted by Gasteiger charge is 2.45. The van der Waals surface area contributed by atoms with E-state index in [1.54, 1.807) is 11.8 Å². The average Bonchev–Trinajstić information content (AvgIpc) is 2.48. The van der Waals surface area contributed by atoms with Crippen molar-refractivity contribution in [3.63, 3.8) is 0 Å². The number of thioether (sulfide) groups is 1. The van der Waals surface area contributed by atoms with Gasteiger partial charge >= 0.3 is 6.18 Å². The van der Waals surface area contributed by atoms with Crippen molar-refractivity contribution in [2.75, 3.05) is 17.6 Å². The molecule has 23 heavy (non-hydrogen) atoms. The Labute approximate surface area is 135 Å². The fourth-order valence-electron chi connectivity index (χ4n) is 2.52. The highest BCUT2D eigenvalue weighted by Crippen LogP contribution is 2.42. The van der Waals surface area contributed by atoms with E-state index >= 15 is 0 Å². The minimum Gasteiger partial charge on any atom is -0.387 e.